The zero-order chi connectivity index (χ0) is 11.7. The summed E-state index contributed by atoms with van der Waals surface area (Å²) >= 11 is 8.76. The van der Waals surface area contributed by atoms with Crippen LogP contribution in [-0.4, -0.2) is 5.78 Å². The molecule has 0 aliphatic heterocycles. The molecule has 0 bridgehead atoms. The number of carbonyl (C=O) groups is 1. The molecule has 2 nitrogen and oxygen atoms in total. The number of benzene rings is 1. The predicted molar refractivity (Wildman–Crippen MR) is 76.7 cm³/mol. The Kier molecular flexibility index (Phi) is 3.86. The summed E-state index contributed by atoms with van der Waals surface area (Å²) in [6.07, 6.45) is 1.49. The Labute approximate surface area is 123 Å². The molecule has 1 heterocycles. The largest absolute Gasteiger partial charge is 0.460 e. The van der Waals surface area contributed by atoms with E-state index in [1.165, 1.54) is 6.26 Å². The first-order chi connectivity index (χ1) is 7.59. The molecular weight excluding hydrogens is 451 g/mol. The summed E-state index contributed by atoms with van der Waals surface area (Å²) in [5.41, 5.74) is 0.630. The van der Waals surface area contributed by atoms with Crippen LogP contribution in [0, 0.1) is 3.57 Å². The van der Waals surface area contributed by atoms with Gasteiger partial charge in [0.1, 0.15) is 0 Å². The lowest BCUT2D eigenvalue weighted by molar-refractivity contribution is 0.101. The van der Waals surface area contributed by atoms with Crippen molar-refractivity contribution in [3.63, 3.8) is 0 Å². The molecule has 0 fully saturated rings. The molecule has 16 heavy (non-hydrogen) atoms. The van der Waals surface area contributed by atoms with Gasteiger partial charge in [0, 0.05) is 13.6 Å². The van der Waals surface area contributed by atoms with Gasteiger partial charge in [-0.1, -0.05) is 15.9 Å². The van der Waals surface area contributed by atoms with Gasteiger partial charge < -0.3 is 4.42 Å². The predicted octanol–water partition coefficient (Wildman–Crippen LogP) is 4.64. The van der Waals surface area contributed by atoms with Crippen LogP contribution in [0.5, 0.6) is 0 Å². The van der Waals surface area contributed by atoms with Crippen LogP contribution >= 0.6 is 54.5 Å². The summed E-state index contributed by atoms with van der Waals surface area (Å²) in [4.78, 5) is 12.2. The third kappa shape index (κ3) is 2.41. The van der Waals surface area contributed by atoms with Crippen LogP contribution in [-0.2, 0) is 0 Å². The zero-order valence-corrected chi connectivity index (χ0v) is 13.2. The van der Waals surface area contributed by atoms with Gasteiger partial charge in [-0.05, 0) is 62.8 Å². The third-order valence-corrected chi connectivity index (χ3v) is 4.05. The highest BCUT2D eigenvalue weighted by molar-refractivity contribution is 14.1. The van der Waals surface area contributed by atoms with Crippen LogP contribution in [0.1, 0.15) is 16.1 Å². The number of ketones is 1. The van der Waals surface area contributed by atoms with Crippen LogP contribution in [0.2, 0.25) is 0 Å². The maximum atomic E-state index is 12.2. The van der Waals surface area contributed by atoms with E-state index in [2.05, 4.69) is 54.5 Å². The Morgan fingerprint density at radius 3 is 2.62 bits per heavy atom. The van der Waals surface area contributed by atoms with Gasteiger partial charge in [0.25, 0.3) is 0 Å². The quantitative estimate of drug-likeness (QED) is 0.488. The van der Waals surface area contributed by atoms with Crippen molar-refractivity contribution < 1.29 is 9.21 Å². The van der Waals surface area contributed by atoms with E-state index in [1.54, 1.807) is 12.1 Å². The summed E-state index contributed by atoms with van der Waals surface area (Å²) in [7, 11) is 0. The van der Waals surface area contributed by atoms with Crippen LogP contribution in [0.4, 0.5) is 0 Å². The second kappa shape index (κ2) is 5.01. The SMILES string of the molecule is O=C(c1cc(Br)ccc1I)c1occc1Br. The minimum Gasteiger partial charge on any atom is -0.460 e. The molecule has 0 aliphatic rings. The van der Waals surface area contributed by atoms with Gasteiger partial charge in [0.2, 0.25) is 5.78 Å². The first kappa shape index (κ1) is 12.3. The van der Waals surface area contributed by atoms with Crippen molar-refractivity contribution in [1.82, 2.24) is 0 Å². The lowest BCUT2D eigenvalue weighted by Gasteiger charge is -2.02. The van der Waals surface area contributed by atoms with Crippen molar-refractivity contribution in [2.75, 3.05) is 0 Å². The number of furan rings is 1. The Balaban J connectivity index is 2.49. The van der Waals surface area contributed by atoms with Crippen LogP contribution in [0.25, 0.3) is 0 Å². The van der Waals surface area contributed by atoms with Crippen LogP contribution in [0.15, 0.2) is 43.9 Å². The highest BCUT2D eigenvalue weighted by Gasteiger charge is 2.18. The van der Waals surface area contributed by atoms with Gasteiger partial charge >= 0.3 is 0 Å². The fourth-order valence-electron chi connectivity index (χ4n) is 1.25. The second-order valence-corrected chi connectivity index (χ2v) is 5.98. The van der Waals surface area contributed by atoms with Gasteiger partial charge in [-0.3, -0.25) is 4.79 Å². The minimum absolute atomic E-state index is 0.123. The summed E-state index contributed by atoms with van der Waals surface area (Å²) in [5.74, 6) is 0.207. The number of hydrogen-bond acceptors (Lipinski definition) is 2. The van der Waals surface area contributed by atoms with Crippen molar-refractivity contribution in [3.05, 3.63) is 54.4 Å². The van der Waals surface area contributed by atoms with Crippen LogP contribution < -0.4 is 0 Å². The Hall–Kier alpha value is -0.140. The highest BCUT2D eigenvalue weighted by Crippen LogP contribution is 2.25. The van der Waals surface area contributed by atoms with Gasteiger partial charge in [0.15, 0.2) is 5.76 Å². The lowest BCUT2D eigenvalue weighted by atomic mass is 10.1. The topological polar surface area (TPSA) is 30.2 Å². The Bertz CT molecular complexity index is 549. The van der Waals surface area contributed by atoms with Gasteiger partial charge in [-0.2, -0.15) is 0 Å². The molecular formula is C11H5Br2IO2. The zero-order valence-electron chi connectivity index (χ0n) is 7.84. The smallest absolute Gasteiger partial charge is 0.230 e. The normalized spacial score (nSPS) is 10.4. The first-order valence-corrected chi connectivity index (χ1v) is 6.99. The third-order valence-electron chi connectivity index (χ3n) is 2.00. The molecule has 0 saturated heterocycles. The molecule has 0 amide bonds. The van der Waals surface area contributed by atoms with Crippen molar-refractivity contribution in [1.29, 1.82) is 0 Å². The molecule has 0 atom stereocenters. The summed E-state index contributed by atoms with van der Waals surface area (Å²) < 4.78 is 7.61. The van der Waals surface area contributed by atoms with E-state index in [0.717, 1.165) is 8.04 Å². The molecule has 0 saturated carbocycles. The van der Waals surface area contributed by atoms with Crippen LogP contribution in [0.3, 0.4) is 0 Å². The molecule has 1 aromatic heterocycles. The highest BCUT2D eigenvalue weighted by atomic mass is 127. The van der Waals surface area contributed by atoms with E-state index in [-0.39, 0.29) is 5.78 Å². The van der Waals surface area contributed by atoms with Gasteiger partial charge in [0.05, 0.1) is 10.7 Å². The van der Waals surface area contributed by atoms with Gasteiger partial charge in [-0.15, -0.1) is 0 Å². The van der Waals surface area contributed by atoms with Crippen molar-refractivity contribution >= 4 is 60.2 Å². The van der Waals surface area contributed by atoms with Crippen molar-refractivity contribution in [2.24, 2.45) is 0 Å². The second-order valence-electron chi connectivity index (χ2n) is 3.05. The molecule has 0 N–H and O–H groups in total. The average molecular weight is 456 g/mol. The van der Waals surface area contributed by atoms with E-state index in [1.807, 2.05) is 12.1 Å². The fraction of sp³-hybridized carbons (Fsp3) is 0. The standard InChI is InChI=1S/C11H5Br2IO2/c12-6-1-2-9(14)7(5-6)10(15)11-8(13)3-4-16-11/h1-5H. The average Bonchev–Trinajstić information content (AvgIpc) is 2.67. The lowest BCUT2D eigenvalue weighted by Crippen LogP contribution is -2.03. The Morgan fingerprint density at radius 1 is 1.25 bits per heavy atom. The first-order valence-electron chi connectivity index (χ1n) is 4.32. The molecule has 0 spiro atoms. The van der Waals surface area contributed by atoms with E-state index < -0.39 is 0 Å². The molecule has 82 valence electrons. The molecule has 2 rings (SSSR count). The van der Waals surface area contributed by atoms with E-state index in [4.69, 9.17) is 4.42 Å². The minimum atomic E-state index is -0.123. The molecule has 0 aliphatic carbocycles. The summed E-state index contributed by atoms with van der Waals surface area (Å²) in [6.45, 7) is 0. The van der Waals surface area contributed by atoms with Crippen molar-refractivity contribution in [3.8, 4) is 0 Å². The number of rotatable bonds is 2. The molecule has 1 aromatic carbocycles. The van der Waals surface area contributed by atoms with E-state index >= 15 is 0 Å². The number of carbonyl (C=O) groups excluding carboxylic acids is 1. The summed E-state index contributed by atoms with van der Waals surface area (Å²) in [5, 5.41) is 0. The molecule has 0 radical (unpaired) electrons. The summed E-state index contributed by atoms with van der Waals surface area (Å²) in [6, 6.07) is 7.28. The molecule has 5 heteroatoms. The van der Waals surface area contributed by atoms with E-state index in [0.29, 0.717) is 15.8 Å². The fourth-order valence-corrected chi connectivity index (χ4v) is 2.57. The van der Waals surface area contributed by atoms with E-state index in [9.17, 15) is 4.79 Å². The maximum Gasteiger partial charge on any atom is 0.230 e. The number of hydrogen-bond donors (Lipinski definition) is 0. The molecule has 0 unspecified atom stereocenters. The maximum absolute atomic E-state index is 12.2. The Morgan fingerprint density at radius 2 is 2.00 bits per heavy atom. The molecule has 2 aromatic rings. The van der Waals surface area contributed by atoms with Crippen molar-refractivity contribution in [2.45, 2.75) is 0 Å². The number of halogens is 3. The monoisotopic (exact) mass is 454 g/mol. The van der Waals surface area contributed by atoms with Gasteiger partial charge in [-0.25, -0.2) is 0 Å².